The van der Waals surface area contributed by atoms with Gasteiger partial charge >= 0.3 is 11.8 Å². The Labute approximate surface area is 140 Å². The van der Waals surface area contributed by atoms with Gasteiger partial charge in [0.2, 0.25) is 0 Å². The van der Waals surface area contributed by atoms with Crippen LogP contribution < -0.4 is 10.6 Å². The Kier molecular flexibility index (Phi) is 5.13. The van der Waals surface area contributed by atoms with E-state index in [0.717, 1.165) is 0 Å². The summed E-state index contributed by atoms with van der Waals surface area (Å²) in [6, 6.07) is 8.68. The zero-order chi connectivity index (χ0) is 16.3. The number of anilines is 2. The smallest absolute Gasteiger partial charge is 0.314 e. The molecule has 2 rings (SSSR count). The van der Waals surface area contributed by atoms with Gasteiger partial charge in [0.05, 0.1) is 21.4 Å². The van der Waals surface area contributed by atoms with Gasteiger partial charge in [0, 0.05) is 5.02 Å². The lowest BCUT2D eigenvalue weighted by Crippen LogP contribution is -2.29. The van der Waals surface area contributed by atoms with Crippen LogP contribution in [-0.2, 0) is 9.59 Å². The van der Waals surface area contributed by atoms with Gasteiger partial charge in [-0.3, -0.25) is 9.59 Å². The van der Waals surface area contributed by atoms with E-state index in [2.05, 4.69) is 10.6 Å². The second-order valence-electron chi connectivity index (χ2n) is 4.17. The number of carbonyl (C=O) groups is 2. The Hall–Kier alpha value is -1.95. The minimum atomic E-state index is -1.01. The van der Waals surface area contributed by atoms with Gasteiger partial charge < -0.3 is 15.7 Å². The van der Waals surface area contributed by atoms with Crippen LogP contribution in [0.2, 0.25) is 15.1 Å². The van der Waals surface area contributed by atoms with E-state index in [9.17, 15) is 14.7 Å². The SMILES string of the molecule is O=C(Nc1cc(Cl)ccc1O)C(=O)Nc1c(Cl)cccc1Cl. The van der Waals surface area contributed by atoms with Crippen molar-refractivity contribution in [1.82, 2.24) is 0 Å². The fraction of sp³-hybridized carbons (Fsp3) is 0. The standard InChI is InChI=1S/C14H9Cl3N2O3/c15-7-4-5-11(20)10(6-7)18-13(21)14(22)19-12-8(16)2-1-3-9(12)17/h1-6,20H,(H,18,21)(H,19,22). The fourth-order valence-electron chi connectivity index (χ4n) is 1.57. The van der Waals surface area contributed by atoms with E-state index in [4.69, 9.17) is 34.8 Å². The monoisotopic (exact) mass is 358 g/mol. The second kappa shape index (κ2) is 6.87. The number of rotatable bonds is 2. The molecular weight excluding hydrogens is 351 g/mol. The van der Waals surface area contributed by atoms with Crippen LogP contribution in [0.3, 0.4) is 0 Å². The van der Waals surface area contributed by atoms with Crippen molar-refractivity contribution in [3.8, 4) is 5.75 Å². The van der Waals surface area contributed by atoms with Crippen LogP contribution in [0.1, 0.15) is 0 Å². The van der Waals surface area contributed by atoms with Crippen molar-refractivity contribution in [1.29, 1.82) is 0 Å². The molecule has 0 spiro atoms. The van der Waals surface area contributed by atoms with Crippen molar-refractivity contribution in [2.75, 3.05) is 10.6 Å². The van der Waals surface area contributed by atoms with Crippen LogP contribution in [0.25, 0.3) is 0 Å². The number of benzene rings is 2. The third-order valence-electron chi connectivity index (χ3n) is 2.61. The third-order valence-corrected chi connectivity index (χ3v) is 3.48. The van der Waals surface area contributed by atoms with Crippen molar-refractivity contribution in [2.45, 2.75) is 0 Å². The number of aromatic hydroxyl groups is 1. The fourth-order valence-corrected chi connectivity index (χ4v) is 2.24. The first-order valence-electron chi connectivity index (χ1n) is 5.93. The van der Waals surface area contributed by atoms with Gasteiger partial charge in [-0.05, 0) is 30.3 Å². The van der Waals surface area contributed by atoms with Crippen LogP contribution >= 0.6 is 34.8 Å². The van der Waals surface area contributed by atoms with Crippen molar-refractivity contribution in [2.24, 2.45) is 0 Å². The van der Waals surface area contributed by atoms with Gasteiger partial charge in [-0.1, -0.05) is 40.9 Å². The van der Waals surface area contributed by atoms with Crippen LogP contribution in [0.5, 0.6) is 5.75 Å². The Balaban J connectivity index is 2.13. The zero-order valence-electron chi connectivity index (χ0n) is 10.9. The molecule has 0 aliphatic heterocycles. The van der Waals surface area contributed by atoms with E-state index >= 15 is 0 Å². The lowest BCUT2D eigenvalue weighted by atomic mass is 10.3. The molecule has 0 aliphatic carbocycles. The van der Waals surface area contributed by atoms with Gasteiger partial charge in [-0.15, -0.1) is 0 Å². The minimum Gasteiger partial charge on any atom is -0.506 e. The summed E-state index contributed by atoms with van der Waals surface area (Å²) < 4.78 is 0. The number of hydrogen-bond acceptors (Lipinski definition) is 3. The molecule has 5 nitrogen and oxygen atoms in total. The molecule has 0 heterocycles. The van der Waals surface area contributed by atoms with Crippen LogP contribution in [0.4, 0.5) is 11.4 Å². The van der Waals surface area contributed by atoms with Crippen LogP contribution in [0, 0.1) is 0 Å². The molecule has 0 saturated carbocycles. The zero-order valence-corrected chi connectivity index (χ0v) is 13.1. The molecule has 0 atom stereocenters. The highest BCUT2D eigenvalue weighted by Crippen LogP contribution is 2.30. The maximum absolute atomic E-state index is 11.9. The molecule has 8 heteroatoms. The van der Waals surface area contributed by atoms with Crippen LogP contribution in [-0.4, -0.2) is 16.9 Å². The first-order valence-corrected chi connectivity index (χ1v) is 7.06. The Morgan fingerprint density at radius 3 is 2.14 bits per heavy atom. The molecule has 2 aromatic rings. The highest BCUT2D eigenvalue weighted by molar-refractivity contribution is 6.47. The average molecular weight is 360 g/mol. The van der Waals surface area contributed by atoms with Crippen molar-refractivity contribution in [3.63, 3.8) is 0 Å². The Morgan fingerprint density at radius 2 is 1.50 bits per heavy atom. The summed E-state index contributed by atoms with van der Waals surface area (Å²) in [4.78, 5) is 23.7. The summed E-state index contributed by atoms with van der Waals surface area (Å²) in [6.07, 6.45) is 0. The predicted molar refractivity (Wildman–Crippen MR) is 86.8 cm³/mol. The van der Waals surface area contributed by atoms with Crippen LogP contribution in [0.15, 0.2) is 36.4 Å². The van der Waals surface area contributed by atoms with Gasteiger partial charge in [0.1, 0.15) is 5.75 Å². The summed E-state index contributed by atoms with van der Waals surface area (Å²) in [6.45, 7) is 0. The first kappa shape index (κ1) is 16.4. The number of hydrogen-bond donors (Lipinski definition) is 3. The van der Waals surface area contributed by atoms with E-state index < -0.39 is 11.8 Å². The molecule has 22 heavy (non-hydrogen) atoms. The number of phenols is 1. The molecule has 0 aliphatic rings. The highest BCUT2D eigenvalue weighted by atomic mass is 35.5. The number of para-hydroxylation sites is 1. The third kappa shape index (κ3) is 3.82. The molecule has 0 unspecified atom stereocenters. The molecule has 3 N–H and O–H groups in total. The summed E-state index contributed by atoms with van der Waals surface area (Å²) in [5.41, 5.74) is 0.138. The number of nitrogens with one attached hydrogen (secondary N) is 2. The lowest BCUT2D eigenvalue weighted by Gasteiger charge is -2.10. The molecule has 2 amide bonds. The quantitative estimate of drug-likeness (QED) is 0.561. The molecular formula is C14H9Cl3N2O3. The van der Waals surface area contributed by atoms with E-state index in [0.29, 0.717) is 5.02 Å². The van der Waals surface area contributed by atoms with Crippen molar-refractivity contribution >= 4 is 58.0 Å². The van der Waals surface area contributed by atoms with Gasteiger partial charge in [-0.2, -0.15) is 0 Å². The maximum atomic E-state index is 11.9. The number of carbonyl (C=O) groups excluding carboxylic acids is 2. The second-order valence-corrected chi connectivity index (χ2v) is 5.42. The van der Waals surface area contributed by atoms with E-state index in [1.807, 2.05) is 0 Å². The topological polar surface area (TPSA) is 78.4 Å². The van der Waals surface area contributed by atoms with Crippen molar-refractivity contribution in [3.05, 3.63) is 51.5 Å². The van der Waals surface area contributed by atoms with E-state index in [1.165, 1.54) is 30.3 Å². The average Bonchev–Trinajstić information content (AvgIpc) is 2.46. The molecule has 0 aromatic heterocycles. The lowest BCUT2D eigenvalue weighted by molar-refractivity contribution is -0.133. The predicted octanol–water partition coefficient (Wildman–Crippen LogP) is 3.93. The van der Waals surface area contributed by atoms with Gasteiger partial charge in [0.15, 0.2) is 0 Å². The Morgan fingerprint density at radius 1 is 0.909 bits per heavy atom. The molecule has 0 radical (unpaired) electrons. The largest absolute Gasteiger partial charge is 0.506 e. The van der Waals surface area contributed by atoms with Gasteiger partial charge in [0.25, 0.3) is 0 Å². The highest BCUT2D eigenvalue weighted by Gasteiger charge is 2.18. The van der Waals surface area contributed by atoms with Crippen molar-refractivity contribution < 1.29 is 14.7 Å². The molecule has 0 bridgehead atoms. The summed E-state index contributed by atoms with van der Waals surface area (Å²) in [5, 5.41) is 14.8. The number of halogens is 3. The summed E-state index contributed by atoms with van der Waals surface area (Å²) in [5.74, 6) is -2.22. The minimum absolute atomic E-state index is 0.0119. The van der Waals surface area contributed by atoms with E-state index in [-0.39, 0.29) is 27.2 Å². The molecule has 2 aromatic carbocycles. The molecule has 0 saturated heterocycles. The first-order chi connectivity index (χ1) is 10.4. The number of amides is 2. The normalized spacial score (nSPS) is 10.1. The van der Waals surface area contributed by atoms with E-state index in [1.54, 1.807) is 6.07 Å². The summed E-state index contributed by atoms with van der Waals surface area (Å²) >= 11 is 17.5. The number of phenolic OH excluding ortho intramolecular Hbond substituents is 1. The molecule has 114 valence electrons. The van der Waals surface area contributed by atoms with Gasteiger partial charge in [-0.25, -0.2) is 0 Å². The maximum Gasteiger partial charge on any atom is 0.314 e. The molecule has 0 fully saturated rings. The Bertz CT molecular complexity index is 730. The summed E-state index contributed by atoms with van der Waals surface area (Å²) in [7, 11) is 0.